The summed E-state index contributed by atoms with van der Waals surface area (Å²) in [6.45, 7) is 0.102. The first-order valence-corrected chi connectivity index (χ1v) is 6.70. The summed E-state index contributed by atoms with van der Waals surface area (Å²) in [6, 6.07) is 4.30. The van der Waals surface area contributed by atoms with Crippen LogP contribution < -0.4 is 10.1 Å². The van der Waals surface area contributed by atoms with E-state index in [4.69, 9.17) is 4.74 Å². The van der Waals surface area contributed by atoms with Crippen molar-refractivity contribution in [1.82, 2.24) is 10.3 Å². The van der Waals surface area contributed by atoms with Gasteiger partial charge < -0.3 is 15.2 Å². The number of methoxy groups -OCH3 is 1. The third-order valence-corrected chi connectivity index (χ3v) is 3.60. The van der Waals surface area contributed by atoms with Crippen molar-refractivity contribution in [2.45, 2.75) is 44.2 Å². The van der Waals surface area contributed by atoms with Gasteiger partial charge in [-0.1, -0.05) is 25.3 Å². The van der Waals surface area contributed by atoms with Crippen LogP contribution >= 0.6 is 0 Å². The van der Waals surface area contributed by atoms with Crippen LogP contribution in [0.15, 0.2) is 18.3 Å². The molecule has 1 aromatic heterocycles. The Balaban J connectivity index is 1.97. The summed E-state index contributed by atoms with van der Waals surface area (Å²) in [5, 5.41) is 13.0. The molecule has 2 rings (SSSR count). The quantitative estimate of drug-likeness (QED) is 0.839. The van der Waals surface area contributed by atoms with Gasteiger partial charge in [0.25, 0.3) is 0 Å². The lowest BCUT2D eigenvalue weighted by atomic mass is 9.94. The average molecular weight is 250 g/mol. The second-order valence-electron chi connectivity index (χ2n) is 4.87. The van der Waals surface area contributed by atoms with E-state index in [2.05, 4.69) is 10.3 Å². The largest absolute Gasteiger partial charge is 0.481 e. The maximum absolute atomic E-state index is 9.52. The van der Waals surface area contributed by atoms with Gasteiger partial charge in [0, 0.05) is 18.3 Å². The van der Waals surface area contributed by atoms with Crippen molar-refractivity contribution in [3.63, 3.8) is 0 Å². The zero-order valence-corrected chi connectivity index (χ0v) is 10.9. The van der Waals surface area contributed by atoms with Gasteiger partial charge in [-0.05, 0) is 18.4 Å². The van der Waals surface area contributed by atoms with Crippen LogP contribution in [0.1, 0.15) is 43.7 Å². The molecule has 1 fully saturated rings. The van der Waals surface area contributed by atoms with Gasteiger partial charge in [0.05, 0.1) is 19.8 Å². The number of aliphatic hydroxyl groups excluding tert-OH is 1. The summed E-state index contributed by atoms with van der Waals surface area (Å²) < 4.78 is 5.04. The van der Waals surface area contributed by atoms with Gasteiger partial charge in [0.15, 0.2) is 0 Å². The molecule has 1 saturated carbocycles. The first-order valence-electron chi connectivity index (χ1n) is 6.70. The molecule has 0 spiro atoms. The Bertz CT molecular complexity index is 347. The number of aliphatic hydroxyl groups is 1. The Morgan fingerprint density at radius 3 is 2.72 bits per heavy atom. The molecule has 1 heterocycles. The third-order valence-electron chi connectivity index (χ3n) is 3.60. The van der Waals surface area contributed by atoms with Gasteiger partial charge in [0.1, 0.15) is 0 Å². The highest BCUT2D eigenvalue weighted by atomic mass is 16.5. The first kappa shape index (κ1) is 13.3. The summed E-state index contributed by atoms with van der Waals surface area (Å²) in [5.41, 5.74) is 1.02. The molecular formula is C14H22N2O2. The highest BCUT2D eigenvalue weighted by Gasteiger charge is 2.18. The van der Waals surface area contributed by atoms with E-state index in [9.17, 15) is 5.11 Å². The molecule has 18 heavy (non-hydrogen) atoms. The van der Waals surface area contributed by atoms with Crippen LogP contribution in [0.3, 0.4) is 0 Å². The molecule has 4 nitrogen and oxygen atoms in total. The molecule has 4 heteroatoms. The molecule has 1 unspecified atom stereocenters. The second kappa shape index (κ2) is 6.71. The lowest BCUT2D eigenvalue weighted by molar-refractivity contribution is 0.220. The van der Waals surface area contributed by atoms with Crippen LogP contribution in [0.5, 0.6) is 5.88 Å². The van der Waals surface area contributed by atoms with E-state index < -0.39 is 0 Å². The van der Waals surface area contributed by atoms with E-state index in [-0.39, 0.29) is 12.6 Å². The molecule has 0 aliphatic heterocycles. The molecule has 1 atom stereocenters. The summed E-state index contributed by atoms with van der Waals surface area (Å²) in [5.74, 6) is 0.605. The smallest absolute Gasteiger partial charge is 0.212 e. The normalized spacial score (nSPS) is 18.6. The van der Waals surface area contributed by atoms with E-state index in [0.717, 1.165) is 5.56 Å². The number of rotatable bonds is 5. The Morgan fingerprint density at radius 1 is 1.39 bits per heavy atom. The van der Waals surface area contributed by atoms with Crippen molar-refractivity contribution >= 4 is 0 Å². The van der Waals surface area contributed by atoms with Crippen LogP contribution in [-0.2, 0) is 0 Å². The first-order chi connectivity index (χ1) is 8.83. The minimum Gasteiger partial charge on any atom is -0.481 e. The number of nitrogens with one attached hydrogen (secondary N) is 1. The molecule has 1 aliphatic carbocycles. The Labute approximate surface area is 108 Å². The van der Waals surface area contributed by atoms with Crippen LogP contribution in [0.4, 0.5) is 0 Å². The highest BCUT2D eigenvalue weighted by Crippen LogP contribution is 2.21. The topological polar surface area (TPSA) is 54.4 Å². The van der Waals surface area contributed by atoms with Crippen molar-refractivity contribution in [2.75, 3.05) is 13.7 Å². The molecule has 2 N–H and O–H groups in total. The lowest BCUT2D eigenvalue weighted by Gasteiger charge is -2.27. The summed E-state index contributed by atoms with van der Waals surface area (Å²) in [7, 11) is 1.60. The zero-order chi connectivity index (χ0) is 12.8. The summed E-state index contributed by atoms with van der Waals surface area (Å²) in [6.07, 6.45) is 8.11. The fourth-order valence-corrected chi connectivity index (χ4v) is 2.53. The van der Waals surface area contributed by atoms with Gasteiger partial charge in [-0.3, -0.25) is 0 Å². The molecule has 0 aromatic carbocycles. The molecule has 0 amide bonds. The molecular weight excluding hydrogens is 228 g/mol. The number of pyridine rings is 1. The maximum Gasteiger partial charge on any atom is 0.212 e. The van der Waals surface area contributed by atoms with E-state index >= 15 is 0 Å². The van der Waals surface area contributed by atoms with Gasteiger partial charge in [-0.25, -0.2) is 4.98 Å². The molecule has 0 radical (unpaired) electrons. The predicted molar refractivity (Wildman–Crippen MR) is 70.6 cm³/mol. The van der Waals surface area contributed by atoms with Crippen molar-refractivity contribution < 1.29 is 9.84 Å². The second-order valence-corrected chi connectivity index (χ2v) is 4.87. The zero-order valence-electron chi connectivity index (χ0n) is 10.9. The fraction of sp³-hybridized carbons (Fsp3) is 0.643. The van der Waals surface area contributed by atoms with Gasteiger partial charge in [0.2, 0.25) is 5.88 Å². The van der Waals surface area contributed by atoms with E-state index in [1.54, 1.807) is 13.3 Å². The van der Waals surface area contributed by atoms with Crippen LogP contribution in [-0.4, -0.2) is 29.8 Å². The standard InChI is InChI=1S/C14H22N2O2/c1-18-14-8-7-11(9-15-14)13(10-17)16-12-5-3-2-4-6-12/h7-9,12-13,16-17H,2-6,10H2,1H3. The van der Waals surface area contributed by atoms with Gasteiger partial charge >= 0.3 is 0 Å². The molecule has 1 aromatic rings. The fourth-order valence-electron chi connectivity index (χ4n) is 2.53. The molecule has 1 aliphatic rings. The Kier molecular flexibility index (Phi) is 4.96. The van der Waals surface area contributed by atoms with Crippen LogP contribution in [0.25, 0.3) is 0 Å². The SMILES string of the molecule is COc1ccc(C(CO)NC2CCCCC2)cn1. The summed E-state index contributed by atoms with van der Waals surface area (Å²) in [4.78, 5) is 4.19. The highest BCUT2D eigenvalue weighted by molar-refractivity contribution is 5.21. The Morgan fingerprint density at radius 2 is 2.17 bits per heavy atom. The number of nitrogens with zero attached hydrogens (tertiary/aromatic N) is 1. The Hall–Kier alpha value is -1.13. The monoisotopic (exact) mass is 250 g/mol. The van der Waals surface area contributed by atoms with Gasteiger partial charge in [-0.15, -0.1) is 0 Å². The average Bonchev–Trinajstić information content (AvgIpc) is 2.46. The minimum atomic E-state index is -0.0218. The van der Waals surface area contributed by atoms with Crippen molar-refractivity contribution in [3.05, 3.63) is 23.9 Å². The van der Waals surface area contributed by atoms with Crippen LogP contribution in [0, 0.1) is 0 Å². The third kappa shape index (κ3) is 3.43. The van der Waals surface area contributed by atoms with Crippen LogP contribution in [0.2, 0.25) is 0 Å². The van der Waals surface area contributed by atoms with E-state index in [1.807, 2.05) is 12.1 Å². The van der Waals surface area contributed by atoms with E-state index in [1.165, 1.54) is 32.1 Å². The van der Waals surface area contributed by atoms with Crippen molar-refractivity contribution in [2.24, 2.45) is 0 Å². The molecule has 0 saturated heterocycles. The lowest BCUT2D eigenvalue weighted by Crippen LogP contribution is -2.36. The number of ether oxygens (including phenoxy) is 1. The molecule has 0 bridgehead atoms. The van der Waals surface area contributed by atoms with Crippen molar-refractivity contribution in [3.8, 4) is 5.88 Å². The van der Waals surface area contributed by atoms with E-state index in [0.29, 0.717) is 11.9 Å². The minimum absolute atomic E-state index is 0.0218. The number of hydrogen-bond acceptors (Lipinski definition) is 4. The predicted octanol–water partition coefficient (Wildman–Crippen LogP) is 2.05. The maximum atomic E-state index is 9.52. The molecule has 100 valence electrons. The number of aromatic nitrogens is 1. The number of hydrogen-bond donors (Lipinski definition) is 2. The summed E-state index contributed by atoms with van der Waals surface area (Å²) >= 11 is 0. The van der Waals surface area contributed by atoms with Gasteiger partial charge in [-0.2, -0.15) is 0 Å². The van der Waals surface area contributed by atoms with Crippen molar-refractivity contribution in [1.29, 1.82) is 0 Å².